The van der Waals surface area contributed by atoms with Gasteiger partial charge < -0.3 is 5.32 Å². The Balaban J connectivity index is 2.53. The van der Waals surface area contributed by atoms with Gasteiger partial charge in [-0.25, -0.2) is 0 Å². The van der Waals surface area contributed by atoms with Crippen molar-refractivity contribution in [3.8, 4) is 0 Å². The van der Waals surface area contributed by atoms with Crippen molar-refractivity contribution >= 4 is 23.2 Å². The molecule has 0 spiro atoms. The number of nitrogens with zero attached hydrogens (tertiary/aromatic N) is 2. The van der Waals surface area contributed by atoms with Gasteiger partial charge in [-0.1, -0.05) is 29.3 Å². The van der Waals surface area contributed by atoms with Crippen molar-refractivity contribution in [3.63, 3.8) is 0 Å². The lowest BCUT2D eigenvalue weighted by molar-refractivity contribution is 0.606. The summed E-state index contributed by atoms with van der Waals surface area (Å²) < 4.78 is 1.81. The summed E-state index contributed by atoms with van der Waals surface area (Å²) in [5, 5.41) is 8.68. The lowest BCUT2D eigenvalue weighted by Gasteiger charge is -2.19. The highest BCUT2D eigenvalue weighted by Crippen LogP contribution is 2.33. The van der Waals surface area contributed by atoms with E-state index < -0.39 is 0 Å². The summed E-state index contributed by atoms with van der Waals surface area (Å²) in [7, 11) is 3.77. The van der Waals surface area contributed by atoms with Crippen LogP contribution in [0.4, 0.5) is 0 Å². The van der Waals surface area contributed by atoms with Gasteiger partial charge in [0.25, 0.3) is 0 Å². The fourth-order valence-electron chi connectivity index (χ4n) is 1.89. The van der Waals surface area contributed by atoms with E-state index in [-0.39, 0.29) is 6.04 Å². The minimum Gasteiger partial charge on any atom is -0.308 e. The van der Waals surface area contributed by atoms with E-state index in [2.05, 4.69) is 10.4 Å². The van der Waals surface area contributed by atoms with Crippen LogP contribution in [0, 0.1) is 0 Å². The van der Waals surface area contributed by atoms with Crippen molar-refractivity contribution in [1.29, 1.82) is 0 Å². The van der Waals surface area contributed by atoms with Gasteiger partial charge in [-0.05, 0) is 25.2 Å². The highest BCUT2D eigenvalue weighted by molar-refractivity contribution is 6.36. The predicted octanol–water partition coefficient (Wildman–Crippen LogP) is 3.04. The zero-order valence-electron chi connectivity index (χ0n) is 9.61. The van der Waals surface area contributed by atoms with E-state index in [0.717, 1.165) is 11.3 Å². The molecule has 2 aromatic rings. The fourth-order valence-corrected chi connectivity index (χ4v) is 2.51. The Hall–Kier alpha value is -1.03. The maximum absolute atomic E-state index is 6.22. The molecule has 0 aliphatic heterocycles. The van der Waals surface area contributed by atoms with E-state index in [0.29, 0.717) is 10.0 Å². The normalized spacial score (nSPS) is 12.7. The number of hydrogen-bond acceptors (Lipinski definition) is 2. The Labute approximate surface area is 110 Å². The third-order valence-electron chi connectivity index (χ3n) is 2.73. The molecule has 0 radical (unpaired) electrons. The standard InChI is InChI=1S/C12H13Cl2N3/c1-15-12(10-6-7-16-17(10)2)11-8(13)4-3-5-9(11)14/h3-7,12,15H,1-2H3. The van der Waals surface area contributed by atoms with Crippen molar-refractivity contribution in [3.05, 3.63) is 51.8 Å². The third kappa shape index (κ3) is 2.32. The molecule has 5 heteroatoms. The maximum Gasteiger partial charge on any atom is 0.0774 e. The Morgan fingerprint density at radius 3 is 2.35 bits per heavy atom. The van der Waals surface area contributed by atoms with E-state index in [1.54, 1.807) is 10.9 Å². The summed E-state index contributed by atoms with van der Waals surface area (Å²) in [5.74, 6) is 0. The molecule has 1 aromatic carbocycles. The Morgan fingerprint density at radius 2 is 1.88 bits per heavy atom. The van der Waals surface area contributed by atoms with Crippen molar-refractivity contribution < 1.29 is 0 Å². The molecule has 1 atom stereocenters. The molecule has 1 heterocycles. The van der Waals surface area contributed by atoms with Crippen LogP contribution in [0.3, 0.4) is 0 Å². The molecule has 1 N–H and O–H groups in total. The minimum absolute atomic E-state index is 0.0660. The molecule has 0 aliphatic rings. The topological polar surface area (TPSA) is 29.9 Å². The Kier molecular flexibility index (Phi) is 3.72. The van der Waals surface area contributed by atoms with Crippen LogP contribution in [0.2, 0.25) is 10.0 Å². The third-order valence-corrected chi connectivity index (χ3v) is 3.39. The first-order chi connectivity index (χ1) is 8.15. The zero-order valence-corrected chi connectivity index (χ0v) is 11.1. The number of nitrogens with one attached hydrogen (secondary N) is 1. The lowest BCUT2D eigenvalue weighted by Crippen LogP contribution is -2.21. The Morgan fingerprint density at radius 1 is 1.24 bits per heavy atom. The molecule has 1 aromatic heterocycles. The predicted molar refractivity (Wildman–Crippen MR) is 70.6 cm³/mol. The van der Waals surface area contributed by atoms with Gasteiger partial charge in [0, 0.05) is 28.9 Å². The highest BCUT2D eigenvalue weighted by atomic mass is 35.5. The Bertz CT molecular complexity index is 502. The molecule has 90 valence electrons. The van der Waals surface area contributed by atoms with Crippen LogP contribution in [0.15, 0.2) is 30.5 Å². The molecule has 0 bridgehead atoms. The number of benzene rings is 1. The van der Waals surface area contributed by atoms with Crippen LogP contribution in [-0.2, 0) is 7.05 Å². The van der Waals surface area contributed by atoms with Crippen molar-refractivity contribution in [2.75, 3.05) is 7.05 Å². The summed E-state index contributed by atoms with van der Waals surface area (Å²) in [5.41, 5.74) is 1.89. The number of aryl methyl sites for hydroxylation is 1. The first-order valence-corrected chi connectivity index (χ1v) is 5.99. The van der Waals surface area contributed by atoms with Gasteiger partial charge in [0.05, 0.1) is 11.7 Å². The number of hydrogen-bond donors (Lipinski definition) is 1. The summed E-state index contributed by atoms with van der Waals surface area (Å²) in [6.45, 7) is 0. The second kappa shape index (κ2) is 5.08. The van der Waals surface area contributed by atoms with E-state index in [1.165, 1.54) is 0 Å². The van der Waals surface area contributed by atoms with Gasteiger partial charge in [-0.3, -0.25) is 4.68 Å². The fraction of sp³-hybridized carbons (Fsp3) is 0.250. The summed E-state index contributed by atoms with van der Waals surface area (Å²) in [4.78, 5) is 0. The quantitative estimate of drug-likeness (QED) is 0.929. The molecule has 0 fully saturated rings. The van der Waals surface area contributed by atoms with Crippen LogP contribution in [-0.4, -0.2) is 16.8 Å². The van der Waals surface area contributed by atoms with Crippen LogP contribution in [0.25, 0.3) is 0 Å². The van der Waals surface area contributed by atoms with Gasteiger partial charge in [0.2, 0.25) is 0 Å². The van der Waals surface area contributed by atoms with Gasteiger partial charge >= 0.3 is 0 Å². The molecule has 0 aliphatic carbocycles. The second-order valence-electron chi connectivity index (χ2n) is 3.74. The van der Waals surface area contributed by atoms with E-state index in [1.807, 2.05) is 38.4 Å². The molecule has 0 saturated heterocycles. The van der Waals surface area contributed by atoms with Crippen LogP contribution in [0.5, 0.6) is 0 Å². The van der Waals surface area contributed by atoms with Crippen molar-refractivity contribution in [2.24, 2.45) is 7.05 Å². The van der Waals surface area contributed by atoms with Crippen LogP contribution >= 0.6 is 23.2 Å². The molecular weight excluding hydrogens is 257 g/mol. The van der Waals surface area contributed by atoms with Gasteiger partial charge in [-0.2, -0.15) is 5.10 Å². The number of rotatable bonds is 3. The van der Waals surface area contributed by atoms with Crippen molar-refractivity contribution in [1.82, 2.24) is 15.1 Å². The molecule has 3 nitrogen and oxygen atoms in total. The van der Waals surface area contributed by atoms with E-state index in [9.17, 15) is 0 Å². The number of halogens is 2. The average molecular weight is 270 g/mol. The first kappa shape index (κ1) is 12.4. The average Bonchev–Trinajstić information content (AvgIpc) is 2.70. The van der Waals surface area contributed by atoms with Crippen LogP contribution < -0.4 is 5.32 Å². The minimum atomic E-state index is -0.0660. The zero-order chi connectivity index (χ0) is 12.4. The smallest absolute Gasteiger partial charge is 0.0774 e. The van der Waals surface area contributed by atoms with Gasteiger partial charge in [-0.15, -0.1) is 0 Å². The van der Waals surface area contributed by atoms with E-state index >= 15 is 0 Å². The number of aromatic nitrogens is 2. The SMILES string of the molecule is CNC(c1c(Cl)cccc1Cl)c1ccnn1C. The van der Waals surface area contributed by atoms with Crippen molar-refractivity contribution in [2.45, 2.75) is 6.04 Å². The summed E-state index contributed by atoms with van der Waals surface area (Å²) >= 11 is 12.4. The molecule has 2 rings (SSSR count). The lowest BCUT2D eigenvalue weighted by atomic mass is 10.0. The molecule has 17 heavy (non-hydrogen) atoms. The monoisotopic (exact) mass is 269 g/mol. The molecular formula is C12H13Cl2N3. The van der Waals surface area contributed by atoms with Crippen LogP contribution in [0.1, 0.15) is 17.3 Å². The maximum atomic E-state index is 6.22. The molecule has 0 amide bonds. The second-order valence-corrected chi connectivity index (χ2v) is 4.55. The molecule has 0 saturated carbocycles. The molecule has 1 unspecified atom stereocenters. The largest absolute Gasteiger partial charge is 0.308 e. The van der Waals surface area contributed by atoms with Gasteiger partial charge in [0.1, 0.15) is 0 Å². The van der Waals surface area contributed by atoms with E-state index in [4.69, 9.17) is 23.2 Å². The first-order valence-electron chi connectivity index (χ1n) is 5.24. The highest BCUT2D eigenvalue weighted by Gasteiger charge is 2.20. The summed E-state index contributed by atoms with van der Waals surface area (Å²) in [6.07, 6.45) is 1.75. The van der Waals surface area contributed by atoms with Gasteiger partial charge in [0.15, 0.2) is 0 Å². The summed E-state index contributed by atoms with van der Waals surface area (Å²) in [6, 6.07) is 7.39.